The van der Waals surface area contributed by atoms with Gasteiger partial charge in [0.1, 0.15) is 12.4 Å². The number of nitro groups is 1. The molecule has 3 heterocycles. The number of rotatable bonds is 7. The molecule has 5 rings (SSSR count). The second-order valence-electron chi connectivity index (χ2n) is 7.39. The Morgan fingerprint density at radius 1 is 1.09 bits per heavy atom. The van der Waals surface area contributed by atoms with Gasteiger partial charge in [0, 0.05) is 37.3 Å². The van der Waals surface area contributed by atoms with E-state index in [1.165, 1.54) is 23.5 Å². The quantitative estimate of drug-likeness (QED) is 0.312. The Morgan fingerprint density at radius 3 is 2.56 bits per heavy atom. The Hall–Kier alpha value is -3.34. The Balaban J connectivity index is 1.40. The summed E-state index contributed by atoms with van der Waals surface area (Å²) in [6.07, 6.45) is 0. The Morgan fingerprint density at radius 2 is 1.84 bits per heavy atom. The Labute approximate surface area is 188 Å². The van der Waals surface area contributed by atoms with Crippen LogP contribution < -0.4 is 4.74 Å². The Kier molecular flexibility index (Phi) is 5.80. The molecule has 0 amide bonds. The van der Waals surface area contributed by atoms with E-state index in [0.717, 1.165) is 59.8 Å². The normalized spacial score (nSPS) is 14.6. The molecule has 0 bridgehead atoms. The molecule has 1 fully saturated rings. The summed E-state index contributed by atoms with van der Waals surface area (Å²) in [6.45, 7) is 4.22. The SMILES string of the molecule is O=[N+]([O-])c1ccc(OCc2nn3c(CN4CCOCC4)c(-c4ccccc4)nc3s2)cc1. The highest BCUT2D eigenvalue weighted by Gasteiger charge is 2.21. The topological polar surface area (TPSA) is 95.0 Å². The molecule has 0 aliphatic carbocycles. The maximum atomic E-state index is 10.8. The van der Waals surface area contributed by atoms with E-state index in [1.807, 2.05) is 22.7 Å². The van der Waals surface area contributed by atoms with E-state index in [-0.39, 0.29) is 12.3 Å². The van der Waals surface area contributed by atoms with Crippen LogP contribution in [0.25, 0.3) is 16.2 Å². The van der Waals surface area contributed by atoms with Gasteiger partial charge in [-0.15, -0.1) is 0 Å². The fourth-order valence-electron chi connectivity index (χ4n) is 3.64. The fraction of sp³-hybridized carbons (Fsp3) is 0.273. The van der Waals surface area contributed by atoms with Gasteiger partial charge in [-0.05, 0) is 12.1 Å². The minimum atomic E-state index is -0.431. The van der Waals surface area contributed by atoms with Gasteiger partial charge in [-0.3, -0.25) is 15.0 Å². The first-order chi connectivity index (χ1) is 15.7. The molecule has 1 aliphatic heterocycles. The molecule has 0 saturated carbocycles. The summed E-state index contributed by atoms with van der Waals surface area (Å²) in [5.41, 5.74) is 3.09. The molecule has 0 unspecified atom stereocenters. The van der Waals surface area contributed by atoms with Crippen molar-refractivity contribution in [3.05, 3.63) is 75.4 Å². The molecule has 1 aliphatic rings. The number of imidazole rings is 1. The van der Waals surface area contributed by atoms with Crippen molar-refractivity contribution in [2.45, 2.75) is 13.2 Å². The number of fused-ring (bicyclic) bond motifs is 1. The standard InChI is InChI=1S/C22H21N5O4S/c28-27(29)17-6-8-18(9-7-17)31-15-20-24-26-19(14-25-10-12-30-13-11-25)21(23-22(26)32-20)16-4-2-1-3-5-16/h1-9H,10-15H2. The van der Waals surface area contributed by atoms with Crippen molar-refractivity contribution in [1.29, 1.82) is 0 Å². The molecule has 10 heteroatoms. The summed E-state index contributed by atoms with van der Waals surface area (Å²) >= 11 is 1.48. The van der Waals surface area contributed by atoms with E-state index in [4.69, 9.17) is 19.6 Å². The lowest BCUT2D eigenvalue weighted by Gasteiger charge is -2.26. The molecule has 1 saturated heterocycles. The number of aromatic nitrogens is 3. The van der Waals surface area contributed by atoms with Gasteiger partial charge in [-0.1, -0.05) is 41.7 Å². The lowest BCUT2D eigenvalue weighted by molar-refractivity contribution is -0.384. The maximum Gasteiger partial charge on any atom is 0.269 e. The van der Waals surface area contributed by atoms with Crippen LogP contribution in [0.3, 0.4) is 0 Å². The molecule has 32 heavy (non-hydrogen) atoms. The summed E-state index contributed by atoms with van der Waals surface area (Å²) in [5.74, 6) is 0.557. The van der Waals surface area contributed by atoms with Crippen LogP contribution in [0.5, 0.6) is 5.75 Å². The lowest BCUT2D eigenvalue weighted by atomic mass is 10.1. The van der Waals surface area contributed by atoms with E-state index >= 15 is 0 Å². The zero-order valence-corrected chi connectivity index (χ0v) is 18.0. The third-order valence-corrected chi connectivity index (χ3v) is 6.15. The number of hydrogen-bond acceptors (Lipinski definition) is 8. The smallest absolute Gasteiger partial charge is 0.269 e. The number of non-ortho nitro benzene ring substituents is 1. The summed E-state index contributed by atoms with van der Waals surface area (Å²) in [5, 5.41) is 16.4. The predicted molar refractivity (Wildman–Crippen MR) is 120 cm³/mol. The molecule has 0 spiro atoms. The van der Waals surface area contributed by atoms with Gasteiger partial charge in [0.05, 0.1) is 29.5 Å². The molecule has 0 radical (unpaired) electrons. The van der Waals surface area contributed by atoms with Gasteiger partial charge in [-0.25, -0.2) is 9.50 Å². The molecular formula is C22H21N5O4S. The second kappa shape index (κ2) is 9.03. The summed E-state index contributed by atoms with van der Waals surface area (Å²) in [4.78, 5) is 18.4. The van der Waals surface area contributed by atoms with Crippen LogP contribution in [0, 0.1) is 10.1 Å². The number of morpholine rings is 1. The van der Waals surface area contributed by atoms with Gasteiger partial charge in [0.15, 0.2) is 5.01 Å². The van der Waals surface area contributed by atoms with E-state index in [2.05, 4.69) is 17.0 Å². The predicted octanol–water partition coefficient (Wildman–Crippen LogP) is 3.78. The fourth-order valence-corrected chi connectivity index (χ4v) is 4.46. The van der Waals surface area contributed by atoms with Crippen molar-refractivity contribution in [1.82, 2.24) is 19.5 Å². The van der Waals surface area contributed by atoms with Crippen molar-refractivity contribution in [2.75, 3.05) is 26.3 Å². The van der Waals surface area contributed by atoms with Crippen molar-refractivity contribution in [3.63, 3.8) is 0 Å². The first kappa shape index (κ1) is 20.6. The van der Waals surface area contributed by atoms with Gasteiger partial charge in [-0.2, -0.15) is 5.10 Å². The van der Waals surface area contributed by atoms with Crippen molar-refractivity contribution in [3.8, 4) is 17.0 Å². The molecule has 2 aromatic carbocycles. The Bertz CT molecular complexity index is 1220. The van der Waals surface area contributed by atoms with Crippen LogP contribution in [0.2, 0.25) is 0 Å². The molecule has 9 nitrogen and oxygen atoms in total. The average Bonchev–Trinajstić information content (AvgIpc) is 3.38. The molecule has 164 valence electrons. The van der Waals surface area contributed by atoms with Crippen LogP contribution in [-0.2, 0) is 17.9 Å². The molecule has 4 aromatic rings. The zero-order valence-electron chi connectivity index (χ0n) is 17.2. The highest BCUT2D eigenvalue weighted by atomic mass is 32.1. The third kappa shape index (κ3) is 4.33. The van der Waals surface area contributed by atoms with Crippen LogP contribution in [0.1, 0.15) is 10.7 Å². The van der Waals surface area contributed by atoms with E-state index < -0.39 is 4.92 Å². The number of ether oxygens (including phenoxy) is 2. The maximum absolute atomic E-state index is 10.8. The monoisotopic (exact) mass is 451 g/mol. The number of nitro benzene ring substituents is 1. The first-order valence-corrected chi connectivity index (χ1v) is 11.1. The van der Waals surface area contributed by atoms with Gasteiger partial charge in [0.2, 0.25) is 4.96 Å². The molecule has 2 aromatic heterocycles. The number of benzene rings is 2. The van der Waals surface area contributed by atoms with E-state index in [9.17, 15) is 10.1 Å². The number of nitrogens with zero attached hydrogens (tertiary/aromatic N) is 5. The van der Waals surface area contributed by atoms with Crippen molar-refractivity contribution < 1.29 is 14.4 Å². The molecule has 0 atom stereocenters. The molecular weight excluding hydrogens is 430 g/mol. The highest BCUT2D eigenvalue weighted by Crippen LogP contribution is 2.29. The lowest BCUT2D eigenvalue weighted by Crippen LogP contribution is -2.36. The van der Waals surface area contributed by atoms with Crippen LogP contribution in [0.15, 0.2) is 54.6 Å². The zero-order chi connectivity index (χ0) is 21.9. The first-order valence-electron chi connectivity index (χ1n) is 10.3. The van der Waals surface area contributed by atoms with Crippen LogP contribution >= 0.6 is 11.3 Å². The van der Waals surface area contributed by atoms with E-state index in [0.29, 0.717) is 5.75 Å². The highest BCUT2D eigenvalue weighted by molar-refractivity contribution is 7.16. The van der Waals surface area contributed by atoms with Crippen molar-refractivity contribution >= 4 is 22.0 Å². The molecule has 0 N–H and O–H groups in total. The third-order valence-electron chi connectivity index (χ3n) is 5.27. The minimum Gasteiger partial charge on any atom is -0.486 e. The van der Waals surface area contributed by atoms with Gasteiger partial charge >= 0.3 is 0 Å². The van der Waals surface area contributed by atoms with Crippen molar-refractivity contribution in [2.24, 2.45) is 0 Å². The van der Waals surface area contributed by atoms with Crippen LogP contribution in [-0.4, -0.2) is 50.7 Å². The summed E-state index contributed by atoms with van der Waals surface area (Å²) < 4.78 is 13.2. The summed E-state index contributed by atoms with van der Waals surface area (Å²) in [7, 11) is 0. The second-order valence-corrected chi connectivity index (χ2v) is 8.43. The van der Waals surface area contributed by atoms with Crippen LogP contribution in [0.4, 0.5) is 5.69 Å². The van der Waals surface area contributed by atoms with Gasteiger partial charge in [0.25, 0.3) is 5.69 Å². The van der Waals surface area contributed by atoms with Gasteiger partial charge < -0.3 is 9.47 Å². The average molecular weight is 452 g/mol. The summed E-state index contributed by atoms with van der Waals surface area (Å²) in [6, 6.07) is 16.2. The number of hydrogen-bond donors (Lipinski definition) is 0. The largest absolute Gasteiger partial charge is 0.486 e. The minimum absolute atomic E-state index is 0.0336. The van der Waals surface area contributed by atoms with E-state index in [1.54, 1.807) is 12.1 Å².